The van der Waals surface area contributed by atoms with Gasteiger partial charge in [0.1, 0.15) is 0 Å². The predicted octanol–water partition coefficient (Wildman–Crippen LogP) is 1.76. The van der Waals surface area contributed by atoms with Crippen LogP contribution in [0.5, 0.6) is 0 Å². The molecule has 2 rings (SSSR count). The molecule has 0 aromatic carbocycles. The lowest BCUT2D eigenvalue weighted by atomic mass is 10.1. The summed E-state index contributed by atoms with van der Waals surface area (Å²) in [4.78, 5) is 24.9. The summed E-state index contributed by atoms with van der Waals surface area (Å²) in [5.74, 6) is 2.47. The van der Waals surface area contributed by atoms with Crippen LogP contribution >= 0.6 is 23.5 Å². The third-order valence-electron chi connectivity index (χ3n) is 3.18. The second-order valence-electron chi connectivity index (χ2n) is 4.44. The topological polar surface area (TPSA) is 37.4 Å². The van der Waals surface area contributed by atoms with Crippen LogP contribution in [0.3, 0.4) is 0 Å². The first-order valence-corrected chi connectivity index (χ1v) is 7.57. The van der Waals surface area contributed by atoms with Crippen molar-refractivity contribution in [1.82, 2.24) is 4.90 Å². The van der Waals surface area contributed by atoms with Crippen molar-refractivity contribution in [3.8, 4) is 0 Å². The highest BCUT2D eigenvalue weighted by Crippen LogP contribution is 2.50. The lowest BCUT2D eigenvalue weighted by Gasteiger charge is -2.31. The lowest BCUT2D eigenvalue weighted by Crippen LogP contribution is -2.38. The van der Waals surface area contributed by atoms with E-state index >= 15 is 0 Å². The molecule has 90 valence electrons. The molecule has 0 radical (unpaired) electrons. The Morgan fingerprint density at radius 3 is 2.31 bits per heavy atom. The average Bonchev–Trinajstić information content (AvgIpc) is 2.59. The minimum absolute atomic E-state index is 0.0313. The fraction of sp³-hybridized carbons (Fsp3) is 0.818. The monoisotopic (exact) mass is 259 g/mol. The van der Waals surface area contributed by atoms with Gasteiger partial charge >= 0.3 is 0 Å². The highest BCUT2D eigenvalue weighted by molar-refractivity contribution is 8.18. The number of nitrogens with zero attached hydrogens (tertiary/aromatic N) is 1. The molecule has 0 aliphatic carbocycles. The molecule has 5 heteroatoms. The third-order valence-corrected chi connectivity index (χ3v) is 6.52. The number of Topliss-reactive ketones (excluding diaryl/α,β-unsaturated/α-hetero) is 1. The molecule has 2 fully saturated rings. The van der Waals surface area contributed by atoms with E-state index < -0.39 is 0 Å². The Hall–Kier alpha value is -0.160. The minimum atomic E-state index is -0.185. The zero-order valence-corrected chi connectivity index (χ0v) is 11.3. The summed E-state index contributed by atoms with van der Waals surface area (Å²) in [7, 11) is 0. The maximum atomic E-state index is 11.6. The molecule has 2 aliphatic rings. The van der Waals surface area contributed by atoms with Crippen LogP contribution in [-0.2, 0) is 9.59 Å². The van der Waals surface area contributed by atoms with Crippen LogP contribution in [0, 0.1) is 0 Å². The fourth-order valence-corrected chi connectivity index (χ4v) is 5.71. The number of amides is 1. The molecule has 1 amide bonds. The zero-order chi connectivity index (χ0) is 11.8. The van der Waals surface area contributed by atoms with E-state index in [4.69, 9.17) is 0 Å². The van der Waals surface area contributed by atoms with Gasteiger partial charge in [0.05, 0.1) is 10.1 Å². The van der Waals surface area contributed by atoms with E-state index in [-0.39, 0.29) is 21.8 Å². The maximum absolute atomic E-state index is 11.6. The standard InChI is InChI=1S/C11H17NO2S2/c1-8(13)10-6-11(7-12(10)9(2)14)15-4-3-5-16-11/h10H,3-7H2,1-2H3/t10-/m0/s1. The molecule has 2 aliphatic heterocycles. The van der Waals surface area contributed by atoms with Crippen LogP contribution in [0.25, 0.3) is 0 Å². The summed E-state index contributed by atoms with van der Waals surface area (Å²) < 4.78 is 0.0975. The van der Waals surface area contributed by atoms with Gasteiger partial charge < -0.3 is 4.90 Å². The number of thioether (sulfide) groups is 2. The second kappa shape index (κ2) is 4.61. The Morgan fingerprint density at radius 1 is 1.25 bits per heavy atom. The largest absolute Gasteiger partial charge is 0.331 e. The van der Waals surface area contributed by atoms with Crippen LogP contribution in [-0.4, -0.2) is 44.8 Å². The molecule has 0 aromatic rings. The van der Waals surface area contributed by atoms with Crippen LogP contribution in [0.1, 0.15) is 26.7 Å². The third kappa shape index (κ3) is 2.25. The molecule has 3 nitrogen and oxygen atoms in total. The highest BCUT2D eigenvalue weighted by Gasteiger charge is 2.48. The second-order valence-corrected chi connectivity index (χ2v) is 7.65. The van der Waals surface area contributed by atoms with Crippen LogP contribution in [0.2, 0.25) is 0 Å². The van der Waals surface area contributed by atoms with E-state index in [1.165, 1.54) is 6.42 Å². The van der Waals surface area contributed by atoms with E-state index in [0.29, 0.717) is 0 Å². The van der Waals surface area contributed by atoms with Gasteiger partial charge in [-0.1, -0.05) is 0 Å². The van der Waals surface area contributed by atoms with Gasteiger partial charge in [0, 0.05) is 19.9 Å². The number of ketones is 1. The van der Waals surface area contributed by atoms with Crippen LogP contribution in [0.4, 0.5) is 0 Å². The molecule has 0 saturated carbocycles. The molecule has 0 unspecified atom stereocenters. The maximum Gasteiger partial charge on any atom is 0.220 e. The van der Waals surface area contributed by atoms with Gasteiger partial charge in [-0.2, -0.15) is 0 Å². The van der Waals surface area contributed by atoms with Gasteiger partial charge in [0.15, 0.2) is 5.78 Å². The molecule has 1 atom stereocenters. The summed E-state index contributed by atoms with van der Waals surface area (Å²) >= 11 is 3.86. The summed E-state index contributed by atoms with van der Waals surface area (Å²) in [6.07, 6.45) is 2.07. The molecule has 1 spiro atoms. The first-order chi connectivity index (χ1) is 7.54. The number of hydrogen-bond acceptors (Lipinski definition) is 4. The predicted molar refractivity (Wildman–Crippen MR) is 68.7 cm³/mol. The molecular weight excluding hydrogens is 242 g/mol. The van der Waals surface area contributed by atoms with Gasteiger partial charge in [-0.15, -0.1) is 23.5 Å². The van der Waals surface area contributed by atoms with Gasteiger partial charge in [0.25, 0.3) is 0 Å². The van der Waals surface area contributed by atoms with Gasteiger partial charge in [-0.3, -0.25) is 9.59 Å². The van der Waals surface area contributed by atoms with E-state index in [0.717, 1.165) is 24.5 Å². The highest BCUT2D eigenvalue weighted by atomic mass is 32.2. The van der Waals surface area contributed by atoms with Crippen molar-refractivity contribution >= 4 is 35.2 Å². The molecule has 0 bridgehead atoms. The average molecular weight is 259 g/mol. The van der Waals surface area contributed by atoms with Crippen molar-refractivity contribution in [2.45, 2.75) is 36.8 Å². The molecule has 2 heterocycles. The van der Waals surface area contributed by atoms with Crippen LogP contribution < -0.4 is 0 Å². The zero-order valence-electron chi connectivity index (χ0n) is 9.69. The van der Waals surface area contributed by atoms with Crippen molar-refractivity contribution in [1.29, 1.82) is 0 Å². The molecule has 2 saturated heterocycles. The number of carbonyl (C=O) groups excluding carboxylic acids is 2. The Morgan fingerprint density at radius 2 is 1.88 bits per heavy atom. The molecular formula is C11H17NO2S2. The van der Waals surface area contributed by atoms with Crippen molar-refractivity contribution in [2.75, 3.05) is 18.1 Å². The number of likely N-dealkylation sites (tertiary alicyclic amines) is 1. The minimum Gasteiger partial charge on any atom is -0.331 e. The molecule has 0 N–H and O–H groups in total. The fourth-order valence-electron chi connectivity index (χ4n) is 2.36. The lowest BCUT2D eigenvalue weighted by molar-refractivity contribution is -0.135. The van der Waals surface area contributed by atoms with E-state index in [1.54, 1.807) is 18.7 Å². The first-order valence-electron chi connectivity index (χ1n) is 5.60. The van der Waals surface area contributed by atoms with Crippen LogP contribution in [0.15, 0.2) is 0 Å². The van der Waals surface area contributed by atoms with E-state index in [1.807, 2.05) is 23.5 Å². The quantitative estimate of drug-likeness (QED) is 0.719. The Kier molecular flexibility index (Phi) is 3.54. The normalized spacial score (nSPS) is 28.4. The van der Waals surface area contributed by atoms with E-state index in [9.17, 15) is 9.59 Å². The van der Waals surface area contributed by atoms with E-state index in [2.05, 4.69) is 0 Å². The Balaban J connectivity index is 2.16. The van der Waals surface area contributed by atoms with Gasteiger partial charge in [0.2, 0.25) is 5.91 Å². The van der Waals surface area contributed by atoms with Gasteiger partial charge in [-0.05, 0) is 24.9 Å². The summed E-state index contributed by atoms with van der Waals surface area (Å²) in [5.41, 5.74) is 0. The van der Waals surface area contributed by atoms with Gasteiger partial charge in [-0.25, -0.2) is 0 Å². The van der Waals surface area contributed by atoms with Crippen molar-refractivity contribution in [3.05, 3.63) is 0 Å². The SMILES string of the molecule is CC(=O)[C@@H]1CC2(CN1C(C)=O)SCCCS2. The first kappa shape index (κ1) is 12.3. The smallest absolute Gasteiger partial charge is 0.220 e. The Bertz CT molecular complexity index is 289. The number of carbonyl (C=O) groups is 2. The Labute approximate surface area is 105 Å². The summed E-state index contributed by atoms with van der Waals surface area (Å²) in [5, 5.41) is 0. The van der Waals surface area contributed by atoms with Crippen molar-refractivity contribution in [2.24, 2.45) is 0 Å². The van der Waals surface area contributed by atoms with Crippen molar-refractivity contribution in [3.63, 3.8) is 0 Å². The summed E-state index contributed by atoms with van der Waals surface area (Å²) in [6.45, 7) is 3.90. The van der Waals surface area contributed by atoms with Crippen molar-refractivity contribution < 1.29 is 9.59 Å². The summed E-state index contributed by atoms with van der Waals surface area (Å²) in [6, 6.07) is -0.185. The molecule has 16 heavy (non-hydrogen) atoms. The number of rotatable bonds is 1. The molecule has 0 aromatic heterocycles. The number of hydrogen-bond donors (Lipinski definition) is 0.